The lowest BCUT2D eigenvalue weighted by Gasteiger charge is -2.08. The average molecular weight is 321 g/mol. The summed E-state index contributed by atoms with van der Waals surface area (Å²) in [4.78, 5) is 11.9. The number of anilines is 1. The number of methoxy groups -OCH3 is 1. The highest BCUT2D eigenvalue weighted by molar-refractivity contribution is 5.90. The molecule has 2 aromatic rings. The average Bonchev–Trinajstić information content (AvgIpc) is 2.54. The van der Waals surface area contributed by atoms with Crippen LogP contribution < -0.4 is 14.8 Å². The molecule has 0 aromatic heterocycles. The monoisotopic (exact) mass is 321 g/mol. The standard InChI is InChI=1S/C17H17F2NO3/c1-22-15-4-2-3-12(11-15)5-10-16(21)20-13-6-8-14(9-7-13)23-17(18)19/h2-4,6-9,11,17H,5,10H2,1H3,(H,20,21). The number of alkyl halides is 2. The van der Waals surface area contributed by atoms with Crippen LogP contribution in [0.3, 0.4) is 0 Å². The van der Waals surface area contributed by atoms with E-state index < -0.39 is 6.61 Å². The van der Waals surface area contributed by atoms with Crippen LogP contribution in [0.5, 0.6) is 11.5 Å². The Balaban J connectivity index is 1.84. The van der Waals surface area contributed by atoms with E-state index in [4.69, 9.17) is 4.74 Å². The highest BCUT2D eigenvalue weighted by Gasteiger charge is 2.06. The van der Waals surface area contributed by atoms with Gasteiger partial charge in [0.05, 0.1) is 7.11 Å². The molecule has 2 rings (SSSR count). The van der Waals surface area contributed by atoms with Crippen LogP contribution in [0.2, 0.25) is 0 Å². The zero-order chi connectivity index (χ0) is 16.7. The number of amides is 1. The molecule has 1 amide bonds. The Kier molecular flexibility index (Phi) is 5.91. The van der Waals surface area contributed by atoms with E-state index in [2.05, 4.69) is 10.1 Å². The Morgan fingerprint density at radius 3 is 2.52 bits per heavy atom. The van der Waals surface area contributed by atoms with Crippen molar-refractivity contribution in [1.29, 1.82) is 0 Å². The van der Waals surface area contributed by atoms with E-state index >= 15 is 0 Å². The zero-order valence-electron chi connectivity index (χ0n) is 12.6. The molecule has 23 heavy (non-hydrogen) atoms. The topological polar surface area (TPSA) is 47.6 Å². The molecule has 0 radical (unpaired) electrons. The molecule has 0 saturated heterocycles. The van der Waals surface area contributed by atoms with Gasteiger partial charge in [-0.15, -0.1) is 0 Å². The number of carbonyl (C=O) groups is 1. The molecule has 122 valence electrons. The van der Waals surface area contributed by atoms with Gasteiger partial charge in [-0.2, -0.15) is 8.78 Å². The Labute approximate surface area is 133 Å². The van der Waals surface area contributed by atoms with Crippen molar-refractivity contribution < 1.29 is 23.0 Å². The van der Waals surface area contributed by atoms with Gasteiger partial charge in [0.1, 0.15) is 11.5 Å². The minimum Gasteiger partial charge on any atom is -0.497 e. The largest absolute Gasteiger partial charge is 0.497 e. The summed E-state index contributed by atoms with van der Waals surface area (Å²) >= 11 is 0. The zero-order valence-corrected chi connectivity index (χ0v) is 12.6. The number of ether oxygens (including phenoxy) is 2. The van der Waals surface area contributed by atoms with E-state index in [-0.39, 0.29) is 11.7 Å². The predicted molar refractivity (Wildman–Crippen MR) is 83.0 cm³/mol. The van der Waals surface area contributed by atoms with E-state index in [0.717, 1.165) is 11.3 Å². The Morgan fingerprint density at radius 1 is 1.13 bits per heavy atom. The second-order valence-corrected chi connectivity index (χ2v) is 4.80. The molecule has 0 aliphatic rings. The maximum atomic E-state index is 12.0. The van der Waals surface area contributed by atoms with Gasteiger partial charge >= 0.3 is 6.61 Å². The van der Waals surface area contributed by atoms with Gasteiger partial charge in [-0.05, 0) is 48.4 Å². The van der Waals surface area contributed by atoms with Gasteiger partial charge in [0.15, 0.2) is 0 Å². The van der Waals surface area contributed by atoms with Gasteiger partial charge in [0.25, 0.3) is 0 Å². The third-order valence-corrected chi connectivity index (χ3v) is 3.14. The third kappa shape index (κ3) is 5.58. The van der Waals surface area contributed by atoms with Crippen LogP contribution in [0.15, 0.2) is 48.5 Å². The fourth-order valence-corrected chi connectivity index (χ4v) is 2.03. The summed E-state index contributed by atoms with van der Waals surface area (Å²) in [6.07, 6.45) is 0.887. The second kappa shape index (κ2) is 8.12. The second-order valence-electron chi connectivity index (χ2n) is 4.80. The first-order valence-corrected chi connectivity index (χ1v) is 7.04. The summed E-state index contributed by atoms with van der Waals surface area (Å²) in [6.45, 7) is -2.86. The van der Waals surface area contributed by atoms with E-state index in [1.807, 2.05) is 24.3 Å². The van der Waals surface area contributed by atoms with Crippen molar-refractivity contribution in [1.82, 2.24) is 0 Å². The molecule has 0 spiro atoms. The number of nitrogens with one attached hydrogen (secondary N) is 1. The summed E-state index contributed by atoms with van der Waals surface area (Å²) in [7, 11) is 1.59. The lowest BCUT2D eigenvalue weighted by Crippen LogP contribution is -2.12. The van der Waals surface area contributed by atoms with Gasteiger partial charge in [0, 0.05) is 12.1 Å². The van der Waals surface area contributed by atoms with Crippen LogP contribution in [-0.4, -0.2) is 19.6 Å². The highest BCUT2D eigenvalue weighted by atomic mass is 19.3. The van der Waals surface area contributed by atoms with Crippen molar-refractivity contribution in [3.63, 3.8) is 0 Å². The van der Waals surface area contributed by atoms with Gasteiger partial charge < -0.3 is 14.8 Å². The van der Waals surface area contributed by atoms with E-state index in [0.29, 0.717) is 18.5 Å². The molecule has 4 nitrogen and oxygen atoms in total. The summed E-state index contributed by atoms with van der Waals surface area (Å²) in [5, 5.41) is 2.71. The number of rotatable bonds is 7. The van der Waals surface area contributed by atoms with Crippen LogP contribution in [-0.2, 0) is 11.2 Å². The summed E-state index contributed by atoms with van der Waals surface area (Å²) < 4.78 is 33.5. The van der Waals surface area contributed by atoms with E-state index in [1.165, 1.54) is 24.3 Å². The quantitative estimate of drug-likeness (QED) is 0.842. The number of hydrogen-bond donors (Lipinski definition) is 1. The smallest absolute Gasteiger partial charge is 0.387 e. The molecular formula is C17H17F2NO3. The van der Waals surface area contributed by atoms with Gasteiger partial charge in [-0.1, -0.05) is 12.1 Å². The van der Waals surface area contributed by atoms with E-state index in [9.17, 15) is 13.6 Å². The molecule has 0 aliphatic heterocycles. The third-order valence-electron chi connectivity index (χ3n) is 3.14. The first-order valence-electron chi connectivity index (χ1n) is 7.04. The summed E-state index contributed by atoms with van der Waals surface area (Å²) in [5.74, 6) is 0.641. The minimum absolute atomic E-state index is 0.0504. The van der Waals surface area contributed by atoms with Crippen molar-refractivity contribution in [3.8, 4) is 11.5 Å². The van der Waals surface area contributed by atoms with E-state index in [1.54, 1.807) is 7.11 Å². The highest BCUT2D eigenvalue weighted by Crippen LogP contribution is 2.18. The first kappa shape index (κ1) is 16.7. The molecule has 0 saturated carbocycles. The number of halogens is 2. The van der Waals surface area contributed by atoms with Gasteiger partial charge in [0.2, 0.25) is 5.91 Å². The fourth-order valence-electron chi connectivity index (χ4n) is 2.03. The first-order chi connectivity index (χ1) is 11.1. The van der Waals surface area contributed by atoms with Crippen LogP contribution >= 0.6 is 0 Å². The summed E-state index contributed by atoms with van der Waals surface area (Å²) in [5.41, 5.74) is 1.53. The molecule has 6 heteroatoms. The fraction of sp³-hybridized carbons (Fsp3) is 0.235. The molecule has 0 bridgehead atoms. The number of aryl methyl sites for hydroxylation is 1. The van der Waals surface area contributed by atoms with Crippen LogP contribution in [0.1, 0.15) is 12.0 Å². The van der Waals surface area contributed by atoms with Crippen LogP contribution in [0.4, 0.5) is 14.5 Å². The maximum absolute atomic E-state index is 12.0. The summed E-state index contributed by atoms with van der Waals surface area (Å²) in [6, 6.07) is 13.3. The lowest BCUT2D eigenvalue weighted by molar-refractivity contribution is -0.116. The molecule has 0 fully saturated rings. The van der Waals surface area contributed by atoms with Crippen LogP contribution in [0, 0.1) is 0 Å². The van der Waals surface area contributed by atoms with Crippen molar-refractivity contribution in [2.24, 2.45) is 0 Å². The van der Waals surface area contributed by atoms with Crippen molar-refractivity contribution in [3.05, 3.63) is 54.1 Å². The molecule has 0 unspecified atom stereocenters. The van der Waals surface area contributed by atoms with Crippen LogP contribution in [0.25, 0.3) is 0 Å². The lowest BCUT2D eigenvalue weighted by atomic mass is 10.1. The SMILES string of the molecule is COc1cccc(CCC(=O)Nc2ccc(OC(F)F)cc2)c1. The van der Waals surface area contributed by atoms with Gasteiger partial charge in [-0.3, -0.25) is 4.79 Å². The Bertz CT molecular complexity index is 645. The molecule has 0 aliphatic carbocycles. The predicted octanol–water partition coefficient (Wildman–Crippen LogP) is 3.87. The van der Waals surface area contributed by atoms with Crippen molar-refractivity contribution in [2.45, 2.75) is 19.5 Å². The minimum atomic E-state index is -2.86. The molecule has 1 N–H and O–H groups in total. The molecule has 2 aromatic carbocycles. The maximum Gasteiger partial charge on any atom is 0.387 e. The number of hydrogen-bond acceptors (Lipinski definition) is 3. The van der Waals surface area contributed by atoms with Crippen molar-refractivity contribution >= 4 is 11.6 Å². The number of benzene rings is 2. The van der Waals surface area contributed by atoms with Gasteiger partial charge in [-0.25, -0.2) is 0 Å². The Morgan fingerprint density at radius 2 is 1.87 bits per heavy atom. The Hall–Kier alpha value is -2.63. The molecule has 0 atom stereocenters. The van der Waals surface area contributed by atoms with Crippen molar-refractivity contribution in [2.75, 3.05) is 12.4 Å². The normalized spacial score (nSPS) is 10.4. The molecular weight excluding hydrogens is 304 g/mol. The molecule has 0 heterocycles. The number of carbonyl (C=O) groups excluding carboxylic acids is 1.